The summed E-state index contributed by atoms with van der Waals surface area (Å²) < 4.78 is 3.74. The van der Waals surface area contributed by atoms with Gasteiger partial charge in [0.2, 0.25) is 5.91 Å². The van der Waals surface area contributed by atoms with Gasteiger partial charge in [-0.3, -0.25) is 14.2 Å². The fraction of sp³-hybridized carbons (Fsp3) is 0.350. The third-order valence-corrected chi connectivity index (χ3v) is 4.76. The van der Waals surface area contributed by atoms with Crippen molar-refractivity contribution in [1.82, 2.24) is 19.6 Å². The summed E-state index contributed by atoms with van der Waals surface area (Å²) in [4.78, 5) is 12.4. The summed E-state index contributed by atoms with van der Waals surface area (Å²) in [6.07, 6.45) is 0.361. The van der Waals surface area contributed by atoms with Crippen LogP contribution >= 0.6 is 11.6 Å². The second kappa shape index (κ2) is 7.96. The summed E-state index contributed by atoms with van der Waals surface area (Å²) in [6, 6.07) is 9.71. The molecule has 0 unspecified atom stereocenters. The van der Waals surface area contributed by atoms with Crippen molar-refractivity contribution in [2.24, 2.45) is 0 Å². The highest BCUT2D eigenvalue weighted by molar-refractivity contribution is 6.30. The highest BCUT2D eigenvalue weighted by Gasteiger charge is 2.15. The van der Waals surface area contributed by atoms with Gasteiger partial charge in [0.1, 0.15) is 0 Å². The van der Waals surface area contributed by atoms with Crippen LogP contribution in [0.1, 0.15) is 34.8 Å². The maximum atomic E-state index is 12.4. The van der Waals surface area contributed by atoms with E-state index < -0.39 is 0 Å². The summed E-state index contributed by atoms with van der Waals surface area (Å²) in [5.74, 6) is -0.0453. The number of amides is 1. The van der Waals surface area contributed by atoms with Crippen molar-refractivity contribution in [1.29, 1.82) is 0 Å². The molecule has 3 rings (SSSR count). The molecule has 142 valence electrons. The lowest BCUT2D eigenvalue weighted by Gasteiger charge is -2.08. The third-order valence-electron chi connectivity index (χ3n) is 4.52. The van der Waals surface area contributed by atoms with Crippen LogP contribution in [-0.4, -0.2) is 25.5 Å². The Morgan fingerprint density at radius 2 is 1.89 bits per heavy atom. The van der Waals surface area contributed by atoms with Gasteiger partial charge in [-0.05, 0) is 51.5 Å². The zero-order valence-corrected chi connectivity index (χ0v) is 16.8. The number of carbonyl (C=O) groups is 1. The van der Waals surface area contributed by atoms with Crippen LogP contribution in [0.25, 0.3) is 0 Å². The van der Waals surface area contributed by atoms with Crippen LogP contribution in [0.2, 0.25) is 5.02 Å². The van der Waals surface area contributed by atoms with Crippen LogP contribution in [0.4, 0.5) is 5.69 Å². The number of halogens is 1. The van der Waals surface area contributed by atoms with Crippen molar-refractivity contribution in [3.05, 3.63) is 63.7 Å². The molecule has 0 atom stereocenters. The summed E-state index contributed by atoms with van der Waals surface area (Å²) in [6.45, 7) is 8.96. The Labute approximate surface area is 164 Å². The summed E-state index contributed by atoms with van der Waals surface area (Å²) >= 11 is 6.06. The normalized spacial score (nSPS) is 11.0. The predicted molar refractivity (Wildman–Crippen MR) is 107 cm³/mol. The van der Waals surface area contributed by atoms with Gasteiger partial charge in [0, 0.05) is 23.7 Å². The number of anilines is 1. The topological polar surface area (TPSA) is 64.7 Å². The fourth-order valence-electron chi connectivity index (χ4n) is 3.15. The predicted octanol–water partition coefficient (Wildman–Crippen LogP) is 4.04. The van der Waals surface area contributed by atoms with Gasteiger partial charge < -0.3 is 5.32 Å². The Bertz CT molecular complexity index is 973. The SMILES string of the molecule is Cc1cc(C)n(CCC(=O)Nc2c(C)nn(Cc3cccc(Cl)c3)c2C)n1. The molecule has 0 aliphatic heterocycles. The molecule has 0 saturated heterocycles. The zero-order chi connectivity index (χ0) is 19.6. The standard InChI is InChI=1S/C20H24ClN5O/c1-13-10-14(2)25(23-13)9-8-19(27)22-20-15(3)24-26(16(20)4)12-17-6-5-7-18(21)11-17/h5-7,10-11H,8-9,12H2,1-4H3,(H,22,27). The minimum Gasteiger partial charge on any atom is -0.323 e. The average Bonchev–Trinajstić information content (AvgIpc) is 3.06. The first kappa shape index (κ1) is 19.2. The molecule has 1 amide bonds. The molecule has 2 heterocycles. The van der Waals surface area contributed by atoms with E-state index in [4.69, 9.17) is 11.6 Å². The lowest BCUT2D eigenvalue weighted by molar-refractivity contribution is -0.116. The lowest BCUT2D eigenvalue weighted by atomic mass is 10.2. The molecule has 0 aliphatic rings. The van der Waals surface area contributed by atoms with Gasteiger partial charge in [-0.1, -0.05) is 23.7 Å². The van der Waals surface area contributed by atoms with E-state index in [0.29, 0.717) is 24.5 Å². The number of aryl methyl sites for hydroxylation is 4. The molecule has 0 fully saturated rings. The molecule has 7 heteroatoms. The first-order chi connectivity index (χ1) is 12.8. The largest absolute Gasteiger partial charge is 0.323 e. The molecule has 1 N–H and O–H groups in total. The molecule has 0 bridgehead atoms. The van der Waals surface area contributed by atoms with Crippen molar-refractivity contribution in [3.63, 3.8) is 0 Å². The smallest absolute Gasteiger partial charge is 0.226 e. The Balaban J connectivity index is 1.67. The van der Waals surface area contributed by atoms with Gasteiger partial charge in [0.05, 0.1) is 29.3 Å². The molecule has 6 nitrogen and oxygen atoms in total. The van der Waals surface area contributed by atoms with Crippen molar-refractivity contribution in [2.45, 2.75) is 47.2 Å². The zero-order valence-electron chi connectivity index (χ0n) is 16.1. The van der Waals surface area contributed by atoms with E-state index in [2.05, 4.69) is 15.5 Å². The number of carbonyl (C=O) groups excluding carboxylic acids is 1. The molecule has 0 aliphatic carbocycles. The average molecular weight is 386 g/mol. The van der Waals surface area contributed by atoms with Crippen molar-refractivity contribution < 1.29 is 4.79 Å². The van der Waals surface area contributed by atoms with Crippen LogP contribution in [-0.2, 0) is 17.9 Å². The quantitative estimate of drug-likeness (QED) is 0.696. The van der Waals surface area contributed by atoms with Gasteiger partial charge in [-0.25, -0.2) is 0 Å². The first-order valence-electron chi connectivity index (χ1n) is 8.93. The highest BCUT2D eigenvalue weighted by atomic mass is 35.5. The number of nitrogens with one attached hydrogen (secondary N) is 1. The molecule has 0 radical (unpaired) electrons. The molecule has 0 saturated carbocycles. The number of hydrogen-bond acceptors (Lipinski definition) is 3. The molecule has 27 heavy (non-hydrogen) atoms. The summed E-state index contributed by atoms with van der Waals surface area (Å²) in [5.41, 5.74) is 5.58. The second-order valence-corrected chi connectivity index (χ2v) is 7.22. The monoisotopic (exact) mass is 385 g/mol. The fourth-order valence-corrected chi connectivity index (χ4v) is 3.36. The van der Waals surface area contributed by atoms with Crippen LogP contribution in [0.15, 0.2) is 30.3 Å². The first-order valence-corrected chi connectivity index (χ1v) is 9.30. The minimum atomic E-state index is -0.0453. The Morgan fingerprint density at radius 3 is 2.56 bits per heavy atom. The highest BCUT2D eigenvalue weighted by Crippen LogP contribution is 2.21. The maximum Gasteiger partial charge on any atom is 0.226 e. The van der Waals surface area contributed by atoms with E-state index in [1.807, 2.05) is 67.4 Å². The Hall–Kier alpha value is -2.60. The van der Waals surface area contributed by atoms with Crippen molar-refractivity contribution >= 4 is 23.2 Å². The number of nitrogens with zero attached hydrogens (tertiary/aromatic N) is 4. The van der Waals surface area contributed by atoms with Gasteiger partial charge in [0.25, 0.3) is 0 Å². The maximum absolute atomic E-state index is 12.4. The number of hydrogen-bond donors (Lipinski definition) is 1. The van der Waals surface area contributed by atoms with E-state index in [1.165, 1.54) is 0 Å². The van der Waals surface area contributed by atoms with Crippen LogP contribution in [0.3, 0.4) is 0 Å². The molecule has 2 aromatic heterocycles. The Morgan fingerprint density at radius 1 is 1.11 bits per heavy atom. The summed E-state index contributed by atoms with van der Waals surface area (Å²) in [5, 5.41) is 12.7. The van der Waals surface area contributed by atoms with E-state index in [9.17, 15) is 4.79 Å². The van der Waals surface area contributed by atoms with Crippen LogP contribution in [0.5, 0.6) is 0 Å². The van der Waals surface area contributed by atoms with Crippen LogP contribution in [0, 0.1) is 27.7 Å². The minimum absolute atomic E-state index is 0.0453. The van der Waals surface area contributed by atoms with Crippen molar-refractivity contribution in [3.8, 4) is 0 Å². The van der Waals surface area contributed by atoms with E-state index in [-0.39, 0.29) is 5.91 Å². The molecule has 0 spiro atoms. The molecular formula is C20H24ClN5O. The van der Waals surface area contributed by atoms with Crippen molar-refractivity contribution in [2.75, 3.05) is 5.32 Å². The summed E-state index contributed by atoms with van der Waals surface area (Å²) in [7, 11) is 0. The van der Waals surface area contributed by atoms with Gasteiger partial charge >= 0.3 is 0 Å². The molecular weight excluding hydrogens is 362 g/mol. The molecule has 1 aromatic carbocycles. The van der Waals surface area contributed by atoms with E-state index >= 15 is 0 Å². The van der Waals surface area contributed by atoms with Gasteiger partial charge in [-0.2, -0.15) is 10.2 Å². The number of aromatic nitrogens is 4. The lowest BCUT2D eigenvalue weighted by Crippen LogP contribution is -2.16. The van der Waals surface area contributed by atoms with Gasteiger partial charge in [-0.15, -0.1) is 0 Å². The third kappa shape index (κ3) is 4.57. The molecule has 3 aromatic rings. The number of benzene rings is 1. The van der Waals surface area contributed by atoms with Crippen LogP contribution < -0.4 is 5.32 Å². The number of rotatable bonds is 6. The Kier molecular flexibility index (Phi) is 5.65. The van der Waals surface area contributed by atoms with Gasteiger partial charge in [0.15, 0.2) is 0 Å². The van der Waals surface area contributed by atoms with E-state index in [0.717, 1.165) is 34.0 Å². The second-order valence-electron chi connectivity index (χ2n) is 6.78. The van der Waals surface area contributed by atoms with E-state index in [1.54, 1.807) is 0 Å².